The first-order valence-corrected chi connectivity index (χ1v) is 5.26. The Morgan fingerprint density at radius 2 is 2.12 bits per heavy atom. The van der Waals surface area contributed by atoms with Gasteiger partial charge in [-0.2, -0.15) is 0 Å². The normalized spacial score (nSPS) is 19.4. The molecule has 17 heavy (non-hydrogen) atoms. The Labute approximate surface area is 99.4 Å². The molecule has 0 bridgehead atoms. The fraction of sp³-hybridized carbons (Fsp3) is 0.300. The summed E-state index contributed by atoms with van der Waals surface area (Å²) in [7, 11) is -0.430. The summed E-state index contributed by atoms with van der Waals surface area (Å²) in [5.41, 5.74) is 12.1. The van der Waals surface area contributed by atoms with Gasteiger partial charge in [0.1, 0.15) is 0 Å². The van der Waals surface area contributed by atoms with Crippen LogP contribution in [0.5, 0.6) is 0 Å². The lowest BCUT2D eigenvalue weighted by atomic mass is 9.79. The quantitative estimate of drug-likeness (QED) is 0.343. The molecule has 1 aromatic carbocycles. The van der Waals surface area contributed by atoms with Crippen LogP contribution in [0, 0.1) is 0 Å². The van der Waals surface area contributed by atoms with Gasteiger partial charge in [-0.05, 0) is 17.6 Å². The number of aliphatic hydroxyl groups is 1. The van der Waals surface area contributed by atoms with Gasteiger partial charge in [-0.1, -0.05) is 12.1 Å². The maximum absolute atomic E-state index is 8.92. The molecule has 6 nitrogen and oxygen atoms in total. The highest BCUT2D eigenvalue weighted by Gasteiger charge is 2.32. The predicted molar refractivity (Wildman–Crippen MR) is 65.2 cm³/mol. The molecule has 1 aliphatic heterocycles. The zero-order valence-electron chi connectivity index (χ0n) is 9.24. The summed E-state index contributed by atoms with van der Waals surface area (Å²) in [6, 6.07) is 7.19. The van der Waals surface area contributed by atoms with Crippen LogP contribution < -0.4 is 16.9 Å². The Balaban J connectivity index is 2.06. The number of rotatable bonds is 3. The molecule has 0 aliphatic carbocycles. The van der Waals surface area contributed by atoms with Crippen LogP contribution in [0.25, 0.3) is 0 Å². The topological polar surface area (TPSA) is 103 Å². The van der Waals surface area contributed by atoms with Crippen LogP contribution in [0.2, 0.25) is 0 Å². The highest BCUT2D eigenvalue weighted by atomic mass is 16.6. The van der Waals surface area contributed by atoms with Crippen LogP contribution in [0.1, 0.15) is 0 Å². The molecule has 2 rings (SSSR count). The maximum atomic E-state index is 8.92. The van der Waals surface area contributed by atoms with Crippen molar-refractivity contribution in [3.63, 3.8) is 0 Å². The molecule has 90 valence electrons. The average molecular weight is 235 g/mol. The van der Waals surface area contributed by atoms with Crippen molar-refractivity contribution in [3.8, 4) is 0 Å². The van der Waals surface area contributed by atoms with Crippen molar-refractivity contribution in [2.24, 2.45) is 16.5 Å². The number of benzene rings is 1. The second-order valence-corrected chi connectivity index (χ2v) is 3.73. The smallest absolute Gasteiger partial charge is 0.405 e. The molecule has 1 aliphatic rings. The molecule has 0 aromatic heterocycles. The van der Waals surface area contributed by atoms with Gasteiger partial charge in [0.15, 0.2) is 5.96 Å². The molecule has 5 N–H and O–H groups in total. The number of nitrogens with zero attached hydrogens (tertiary/aromatic N) is 1. The molecule has 1 unspecified atom stereocenters. The third-order valence-corrected chi connectivity index (χ3v) is 2.38. The van der Waals surface area contributed by atoms with E-state index >= 15 is 0 Å². The van der Waals surface area contributed by atoms with Crippen molar-refractivity contribution in [2.45, 2.75) is 6.10 Å². The molecule has 0 radical (unpaired) electrons. The molecular weight excluding hydrogens is 221 g/mol. The van der Waals surface area contributed by atoms with Gasteiger partial charge in [0.05, 0.1) is 25.0 Å². The van der Waals surface area contributed by atoms with Crippen LogP contribution >= 0.6 is 0 Å². The minimum Gasteiger partial charge on any atom is -0.405 e. The molecule has 1 aromatic rings. The average Bonchev–Trinajstić information content (AvgIpc) is 2.78. The van der Waals surface area contributed by atoms with Gasteiger partial charge in [-0.25, -0.2) is 4.99 Å². The third kappa shape index (κ3) is 2.97. The monoisotopic (exact) mass is 235 g/mol. The van der Waals surface area contributed by atoms with Gasteiger partial charge in [-0.15, -0.1) is 0 Å². The van der Waals surface area contributed by atoms with Crippen LogP contribution in [0.3, 0.4) is 0 Å². The van der Waals surface area contributed by atoms with E-state index < -0.39 is 7.12 Å². The number of aliphatic hydroxyl groups excluding tert-OH is 1. The molecule has 1 atom stereocenters. The SMILES string of the molecule is NC(N)=Nc1ccc(B2OCC(CO)O2)cc1. The Kier molecular flexibility index (Phi) is 3.63. The minimum absolute atomic E-state index is 0.0199. The van der Waals surface area contributed by atoms with Crippen LogP contribution in [-0.4, -0.2) is 37.5 Å². The summed E-state index contributed by atoms with van der Waals surface area (Å²) in [5.74, 6) is 0.0199. The number of hydrogen-bond donors (Lipinski definition) is 3. The first-order valence-electron chi connectivity index (χ1n) is 5.26. The van der Waals surface area contributed by atoms with E-state index in [2.05, 4.69) is 4.99 Å². The molecule has 0 saturated carbocycles. The number of nitrogens with two attached hydrogens (primary N) is 2. The number of aliphatic imine (C=N–C) groups is 1. The second-order valence-electron chi connectivity index (χ2n) is 3.73. The number of hydrogen-bond acceptors (Lipinski definition) is 4. The van der Waals surface area contributed by atoms with E-state index in [0.29, 0.717) is 12.3 Å². The van der Waals surface area contributed by atoms with Crippen LogP contribution in [0.15, 0.2) is 29.3 Å². The molecule has 7 heteroatoms. The standard InChI is InChI=1S/C10H14BN3O3/c12-10(13)14-8-3-1-7(2-4-8)11-16-6-9(5-15)17-11/h1-4,9,15H,5-6H2,(H4,12,13,14). The molecule has 1 fully saturated rings. The van der Waals surface area contributed by atoms with Crippen LogP contribution in [-0.2, 0) is 9.31 Å². The first-order chi connectivity index (χ1) is 8.19. The van der Waals surface area contributed by atoms with Crippen molar-refractivity contribution in [3.05, 3.63) is 24.3 Å². The van der Waals surface area contributed by atoms with E-state index in [0.717, 1.165) is 5.46 Å². The van der Waals surface area contributed by atoms with E-state index in [4.69, 9.17) is 25.9 Å². The van der Waals surface area contributed by atoms with Crippen molar-refractivity contribution >= 4 is 24.2 Å². The van der Waals surface area contributed by atoms with Gasteiger partial charge < -0.3 is 25.9 Å². The lowest BCUT2D eigenvalue weighted by Gasteiger charge is -2.06. The minimum atomic E-state index is -0.430. The fourth-order valence-corrected chi connectivity index (χ4v) is 1.57. The molecule has 1 heterocycles. The highest BCUT2D eigenvalue weighted by Crippen LogP contribution is 2.12. The Hall–Kier alpha value is -1.57. The highest BCUT2D eigenvalue weighted by molar-refractivity contribution is 6.61. The summed E-state index contributed by atoms with van der Waals surface area (Å²) in [5, 5.41) is 8.92. The summed E-state index contributed by atoms with van der Waals surface area (Å²) >= 11 is 0. The Morgan fingerprint density at radius 3 is 2.65 bits per heavy atom. The van der Waals surface area contributed by atoms with Gasteiger partial charge in [0.25, 0.3) is 0 Å². The van der Waals surface area contributed by atoms with E-state index in [1.165, 1.54) is 0 Å². The summed E-state index contributed by atoms with van der Waals surface area (Å²) in [6.45, 7) is 0.361. The molecular formula is C10H14BN3O3. The van der Waals surface area contributed by atoms with Gasteiger partial charge in [0.2, 0.25) is 0 Å². The fourth-order valence-electron chi connectivity index (χ4n) is 1.57. The second kappa shape index (κ2) is 5.18. The van der Waals surface area contributed by atoms with Crippen molar-refractivity contribution in [2.75, 3.05) is 13.2 Å². The van der Waals surface area contributed by atoms with E-state index in [9.17, 15) is 0 Å². The molecule has 1 saturated heterocycles. The third-order valence-electron chi connectivity index (χ3n) is 2.38. The first kappa shape index (κ1) is 11.9. The predicted octanol–water partition coefficient (Wildman–Crippen LogP) is -1.31. The van der Waals surface area contributed by atoms with E-state index in [-0.39, 0.29) is 18.7 Å². The zero-order valence-corrected chi connectivity index (χ0v) is 9.24. The lowest BCUT2D eigenvalue weighted by Crippen LogP contribution is -2.32. The molecule has 0 amide bonds. The van der Waals surface area contributed by atoms with Gasteiger partial charge >= 0.3 is 7.12 Å². The Bertz CT molecular complexity index is 406. The van der Waals surface area contributed by atoms with Gasteiger partial charge in [-0.3, -0.25) is 0 Å². The zero-order chi connectivity index (χ0) is 12.3. The summed E-state index contributed by atoms with van der Waals surface area (Å²) in [6.07, 6.45) is -0.252. The van der Waals surface area contributed by atoms with Crippen LogP contribution in [0.4, 0.5) is 5.69 Å². The summed E-state index contributed by atoms with van der Waals surface area (Å²) < 4.78 is 10.9. The summed E-state index contributed by atoms with van der Waals surface area (Å²) in [4.78, 5) is 3.91. The van der Waals surface area contributed by atoms with Crippen molar-refractivity contribution in [1.82, 2.24) is 0 Å². The van der Waals surface area contributed by atoms with Crippen molar-refractivity contribution in [1.29, 1.82) is 0 Å². The van der Waals surface area contributed by atoms with E-state index in [1.54, 1.807) is 12.1 Å². The largest absolute Gasteiger partial charge is 0.494 e. The lowest BCUT2D eigenvalue weighted by molar-refractivity contribution is 0.134. The van der Waals surface area contributed by atoms with Gasteiger partial charge in [0, 0.05) is 0 Å². The maximum Gasteiger partial charge on any atom is 0.494 e. The van der Waals surface area contributed by atoms with Crippen molar-refractivity contribution < 1.29 is 14.4 Å². The number of guanidine groups is 1. The Morgan fingerprint density at radius 1 is 1.41 bits per heavy atom. The molecule has 0 spiro atoms. The van der Waals surface area contributed by atoms with E-state index in [1.807, 2.05) is 12.1 Å².